The standard InChI is InChI=1S/C18H21F4NO3/c1-2-4-14(11-5-3-6-13(7-11)26-17(19)20)23-16(25)8-15(24)12-9-18(21,22)10-12/h3,5-7,12,14,17H,2,4,8-10H2,1H3,(H,23,25). The van der Waals surface area contributed by atoms with Gasteiger partial charge >= 0.3 is 6.61 Å². The zero-order valence-corrected chi connectivity index (χ0v) is 14.3. The van der Waals surface area contributed by atoms with Crippen LogP contribution >= 0.6 is 0 Å². The van der Waals surface area contributed by atoms with E-state index in [9.17, 15) is 27.2 Å². The van der Waals surface area contributed by atoms with Gasteiger partial charge in [0.2, 0.25) is 11.8 Å². The molecule has 2 rings (SSSR count). The van der Waals surface area contributed by atoms with Crippen molar-refractivity contribution < 1.29 is 31.9 Å². The highest BCUT2D eigenvalue weighted by Gasteiger charge is 2.48. The van der Waals surface area contributed by atoms with Crippen LogP contribution in [0.1, 0.15) is 50.6 Å². The van der Waals surface area contributed by atoms with Crippen molar-refractivity contribution in [2.24, 2.45) is 5.92 Å². The van der Waals surface area contributed by atoms with E-state index in [-0.39, 0.29) is 5.75 Å². The Hall–Kier alpha value is -2.12. The first-order valence-corrected chi connectivity index (χ1v) is 8.45. The van der Waals surface area contributed by atoms with Gasteiger partial charge in [0.1, 0.15) is 11.5 Å². The van der Waals surface area contributed by atoms with Gasteiger partial charge in [-0.1, -0.05) is 25.5 Å². The summed E-state index contributed by atoms with van der Waals surface area (Å²) in [5, 5.41) is 2.68. The maximum absolute atomic E-state index is 12.8. The molecule has 0 aromatic heterocycles. The Bertz CT molecular complexity index is 643. The topological polar surface area (TPSA) is 55.4 Å². The highest BCUT2D eigenvalue weighted by molar-refractivity contribution is 5.99. The summed E-state index contributed by atoms with van der Waals surface area (Å²) in [5.41, 5.74) is 0.570. The summed E-state index contributed by atoms with van der Waals surface area (Å²) in [6.45, 7) is -1.07. The number of ketones is 1. The molecule has 1 saturated carbocycles. The third-order valence-corrected chi connectivity index (χ3v) is 4.28. The number of rotatable bonds is 9. The third-order valence-electron chi connectivity index (χ3n) is 4.28. The Labute approximate surface area is 148 Å². The number of Topliss-reactive ketones (excluding diaryl/α,β-unsaturated/α-hetero) is 1. The lowest BCUT2D eigenvalue weighted by Gasteiger charge is -2.33. The summed E-state index contributed by atoms with van der Waals surface area (Å²) in [4.78, 5) is 24.0. The largest absolute Gasteiger partial charge is 0.435 e. The van der Waals surface area contributed by atoms with Crippen molar-refractivity contribution in [2.45, 2.75) is 57.6 Å². The van der Waals surface area contributed by atoms with Gasteiger partial charge in [0.05, 0.1) is 12.5 Å². The van der Waals surface area contributed by atoms with Gasteiger partial charge in [0, 0.05) is 18.8 Å². The number of carbonyl (C=O) groups is 2. The summed E-state index contributed by atoms with van der Waals surface area (Å²) in [7, 11) is 0. The van der Waals surface area contributed by atoms with Crippen LogP contribution in [0.3, 0.4) is 0 Å². The second kappa shape index (κ2) is 8.51. The molecule has 0 bridgehead atoms. The van der Waals surface area contributed by atoms with Crippen LogP contribution in [0.5, 0.6) is 5.75 Å². The SMILES string of the molecule is CCCC(NC(=O)CC(=O)C1CC(F)(F)C1)c1cccc(OC(F)F)c1. The number of nitrogens with one attached hydrogen (secondary N) is 1. The van der Waals surface area contributed by atoms with Gasteiger partial charge in [-0.25, -0.2) is 8.78 Å². The zero-order chi connectivity index (χ0) is 19.3. The second-order valence-corrected chi connectivity index (χ2v) is 6.46. The summed E-state index contributed by atoms with van der Waals surface area (Å²) in [5.74, 6) is -4.68. The lowest BCUT2D eigenvalue weighted by molar-refractivity contribution is -0.150. The lowest BCUT2D eigenvalue weighted by Crippen LogP contribution is -2.41. The fourth-order valence-corrected chi connectivity index (χ4v) is 2.96. The van der Waals surface area contributed by atoms with E-state index in [4.69, 9.17) is 0 Å². The number of ether oxygens (including phenoxy) is 1. The minimum Gasteiger partial charge on any atom is -0.435 e. The van der Waals surface area contributed by atoms with Gasteiger partial charge in [0.25, 0.3) is 0 Å². The highest BCUT2D eigenvalue weighted by atomic mass is 19.3. The molecule has 1 aromatic carbocycles. The molecule has 144 valence electrons. The zero-order valence-electron chi connectivity index (χ0n) is 14.3. The molecule has 1 aliphatic carbocycles. The summed E-state index contributed by atoms with van der Waals surface area (Å²) in [6.07, 6.45) is -0.254. The van der Waals surface area contributed by atoms with Crippen molar-refractivity contribution >= 4 is 11.7 Å². The third kappa shape index (κ3) is 5.71. The van der Waals surface area contributed by atoms with Crippen LogP contribution in [0.2, 0.25) is 0 Å². The van der Waals surface area contributed by atoms with E-state index in [2.05, 4.69) is 10.1 Å². The van der Waals surface area contributed by atoms with Crippen LogP contribution in [0.15, 0.2) is 24.3 Å². The Morgan fingerprint density at radius 2 is 2.00 bits per heavy atom. The van der Waals surface area contributed by atoms with Crippen molar-refractivity contribution in [1.29, 1.82) is 0 Å². The van der Waals surface area contributed by atoms with E-state index in [0.717, 1.165) is 0 Å². The molecule has 1 unspecified atom stereocenters. The molecule has 8 heteroatoms. The van der Waals surface area contributed by atoms with Crippen LogP contribution in [0, 0.1) is 5.92 Å². The Morgan fingerprint density at radius 3 is 2.58 bits per heavy atom. The summed E-state index contributed by atoms with van der Waals surface area (Å²) in [6, 6.07) is 5.49. The van der Waals surface area contributed by atoms with Gasteiger partial charge in [-0.2, -0.15) is 8.78 Å². The van der Waals surface area contributed by atoms with Gasteiger partial charge in [-0.3, -0.25) is 9.59 Å². The molecule has 0 spiro atoms. The average molecular weight is 375 g/mol. The van der Waals surface area contributed by atoms with Crippen molar-refractivity contribution in [3.05, 3.63) is 29.8 Å². The monoisotopic (exact) mass is 375 g/mol. The fraction of sp³-hybridized carbons (Fsp3) is 0.556. The van der Waals surface area contributed by atoms with Gasteiger partial charge in [0.15, 0.2) is 0 Å². The molecule has 26 heavy (non-hydrogen) atoms. The minimum absolute atomic E-state index is 0.0272. The Morgan fingerprint density at radius 1 is 1.31 bits per heavy atom. The molecule has 0 saturated heterocycles. The van der Waals surface area contributed by atoms with Crippen LogP contribution in [0.4, 0.5) is 17.6 Å². The predicted molar refractivity (Wildman–Crippen MR) is 86.2 cm³/mol. The molecular formula is C18H21F4NO3. The van der Waals surface area contributed by atoms with E-state index in [0.29, 0.717) is 18.4 Å². The van der Waals surface area contributed by atoms with Crippen molar-refractivity contribution in [1.82, 2.24) is 5.32 Å². The van der Waals surface area contributed by atoms with Gasteiger partial charge < -0.3 is 10.1 Å². The average Bonchev–Trinajstić information content (AvgIpc) is 2.51. The first-order valence-electron chi connectivity index (χ1n) is 8.45. The molecular weight excluding hydrogens is 354 g/mol. The van der Waals surface area contributed by atoms with Crippen LogP contribution in [-0.2, 0) is 9.59 Å². The smallest absolute Gasteiger partial charge is 0.387 e. The normalized spacial score (nSPS) is 17.5. The van der Waals surface area contributed by atoms with Crippen molar-refractivity contribution in [3.8, 4) is 5.75 Å². The van der Waals surface area contributed by atoms with E-state index in [1.54, 1.807) is 6.07 Å². The molecule has 1 aliphatic rings. The number of benzene rings is 1. The van der Waals surface area contributed by atoms with E-state index < -0.39 is 55.4 Å². The molecule has 0 radical (unpaired) electrons. The maximum Gasteiger partial charge on any atom is 0.387 e. The van der Waals surface area contributed by atoms with Crippen LogP contribution in [0.25, 0.3) is 0 Å². The van der Waals surface area contributed by atoms with E-state index in [1.807, 2.05) is 6.92 Å². The predicted octanol–water partition coefficient (Wildman–Crippen LogP) is 4.25. The van der Waals surface area contributed by atoms with E-state index in [1.165, 1.54) is 18.2 Å². The fourth-order valence-electron chi connectivity index (χ4n) is 2.96. The molecule has 4 nitrogen and oxygen atoms in total. The molecule has 1 fully saturated rings. The summed E-state index contributed by atoms with van der Waals surface area (Å²) >= 11 is 0. The number of alkyl halides is 4. The first-order chi connectivity index (χ1) is 12.2. The van der Waals surface area contributed by atoms with Crippen molar-refractivity contribution in [3.63, 3.8) is 0 Å². The van der Waals surface area contributed by atoms with Gasteiger partial charge in [-0.05, 0) is 24.1 Å². The highest BCUT2D eigenvalue weighted by Crippen LogP contribution is 2.43. The number of hydrogen-bond acceptors (Lipinski definition) is 3. The van der Waals surface area contributed by atoms with Crippen molar-refractivity contribution in [2.75, 3.05) is 0 Å². The van der Waals surface area contributed by atoms with E-state index >= 15 is 0 Å². The van der Waals surface area contributed by atoms with Crippen LogP contribution < -0.4 is 10.1 Å². The number of halogens is 4. The molecule has 0 heterocycles. The van der Waals surface area contributed by atoms with Crippen LogP contribution in [-0.4, -0.2) is 24.2 Å². The Kier molecular flexibility index (Phi) is 6.61. The quantitative estimate of drug-likeness (QED) is 0.519. The number of amides is 1. The minimum atomic E-state index is -2.96. The summed E-state index contributed by atoms with van der Waals surface area (Å²) < 4.78 is 54.7. The molecule has 1 aromatic rings. The molecule has 0 aliphatic heterocycles. The maximum atomic E-state index is 12.8. The number of carbonyl (C=O) groups excluding carboxylic acids is 2. The molecule has 1 atom stereocenters. The second-order valence-electron chi connectivity index (χ2n) is 6.46. The first kappa shape index (κ1) is 20.2. The molecule has 1 N–H and O–H groups in total. The number of hydrogen-bond donors (Lipinski definition) is 1. The Balaban J connectivity index is 1.97. The lowest BCUT2D eigenvalue weighted by atomic mass is 9.77. The van der Waals surface area contributed by atoms with Gasteiger partial charge in [-0.15, -0.1) is 0 Å². The molecule has 1 amide bonds.